The van der Waals surface area contributed by atoms with Gasteiger partial charge in [-0.15, -0.1) is 5.10 Å². The lowest BCUT2D eigenvalue weighted by atomic mass is 10.2. The van der Waals surface area contributed by atoms with Crippen LogP contribution in [0.1, 0.15) is 22.8 Å². The summed E-state index contributed by atoms with van der Waals surface area (Å²) >= 11 is 7.40. The highest BCUT2D eigenvalue weighted by atomic mass is 35.5. The second kappa shape index (κ2) is 9.67. The summed E-state index contributed by atoms with van der Waals surface area (Å²) < 4.78 is 3.71. The van der Waals surface area contributed by atoms with E-state index < -0.39 is 0 Å². The molecule has 0 aliphatic rings. The van der Waals surface area contributed by atoms with Crippen LogP contribution in [-0.4, -0.2) is 41.0 Å². The zero-order valence-electron chi connectivity index (χ0n) is 19.6. The van der Waals surface area contributed by atoms with Crippen molar-refractivity contribution in [2.75, 3.05) is 11.1 Å². The van der Waals surface area contributed by atoms with E-state index in [0.29, 0.717) is 34.7 Å². The summed E-state index contributed by atoms with van der Waals surface area (Å²) in [5, 5.41) is 14.3. The van der Waals surface area contributed by atoms with Gasteiger partial charge in [0.25, 0.3) is 0 Å². The van der Waals surface area contributed by atoms with Gasteiger partial charge in [0, 0.05) is 34.8 Å². The minimum atomic E-state index is -0.145. The van der Waals surface area contributed by atoms with Crippen molar-refractivity contribution in [1.82, 2.24) is 29.4 Å². The SMILES string of the molecule is Cc1cc(C)n(CCc2nc3c4ccccc4nc(SCC(=O)Nc4cc(Cl)ccc4C)n3n2)n1. The van der Waals surface area contributed by atoms with Gasteiger partial charge < -0.3 is 5.32 Å². The van der Waals surface area contributed by atoms with E-state index in [1.807, 2.05) is 55.8 Å². The van der Waals surface area contributed by atoms with Gasteiger partial charge in [0.1, 0.15) is 0 Å². The molecule has 0 radical (unpaired) electrons. The van der Waals surface area contributed by atoms with E-state index in [9.17, 15) is 4.79 Å². The topological polar surface area (TPSA) is 90.0 Å². The van der Waals surface area contributed by atoms with Crippen LogP contribution in [-0.2, 0) is 17.8 Å². The normalized spacial score (nSPS) is 11.4. The third-order valence-electron chi connectivity index (χ3n) is 5.65. The minimum Gasteiger partial charge on any atom is -0.325 e. The van der Waals surface area contributed by atoms with E-state index in [2.05, 4.69) is 16.5 Å². The Hall–Kier alpha value is -3.43. The summed E-state index contributed by atoms with van der Waals surface area (Å²) in [5.41, 5.74) is 5.29. The van der Waals surface area contributed by atoms with Crippen molar-refractivity contribution in [3.8, 4) is 0 Å². The largest absolute Gasteiger partial charge is 0.325 e. The molecule has 5 aromatic rings. The number of hydrogen-bond donors (Lipinski definition) is 1. The van der Waals surface area contributed by atoms with Gasteiger partial charge in [0.2, 0.25) is 5.91 Å². The van der Waals surface area contributed by atoms with Crippen molar-refractivity contribution < 1.29 is 4.79 Å². The summed E-state index contributed by atoms with van der Waals surface area (Å²) in [6, 6.07) is 15.3. The molecule has 0 aliphatic carbocycles. The number of rotatable bonds is 7. The molecule has 3 aromatic heterocycles. The van der Waals surface area contributed by atoms with Crippen LogP contribution in [0.5, 0.6) is 0 Å². The molecule has 0 atom stereocenters. The van der Waals surface area contributed by atoms with Crippen LogP contribution in [0.2, 0.25) is 5.02 Å². The number of carbonyl (C=O) groups excluding carboxylic acids is 1. The smallest absolute Gasteiger partial charge is 0.234 e. The number of carbonyl (C=O) groups is 1. The van der Waals surface area contributed by atoms with Crippen LogP contribution in [0.3, 0.4) is 0 Å². The van der Waals surface area contributed by atoms with Crippen LogP contribution < -0.4 is 5.32 Å². The predicted molar refractivity (Wildman–Crippen MR) is 139 cm³/mol. The monoisotopic (exact) mass is 505 g/mol. The molecule has 35 heavy (non-hydrogen) atoms. The number of nitrogens with zero attached hydrogens (tertiary/aromatic N) is 6. The standard InChI is InChI=1S/C25H24ClN7OS/c1-15-8-9-18(26)13-21(15)27-23(34)14-35-25-28-20-7-5-4-6-19(20)24-29-22(31-33(24)25)10-11-32-17(3)12-16(2)30-32/h4-9,12-13H,10-11,14H2,1-3H3,(H,27,34). The van der Waals surface area contributed by atoms with Crippen LogP contribution in [0.25, 0.3) is 16.6 Å². The molecule has 0 unspecified atom stereocenters. The Labute approximate surface area is 211 Å². The second-order valence-electron chi connectivity index (χ2n) is 8.37. The molecule has 5 rings (SSSR count). The van der Waals surface area contributed by atoms with Crippen molar-refractivity contribution in [2.24, 2.45) is 0 Å². The number of anilines is 1. The molecule has 10 heteroatoms. The quantitative estimate of drug-likeness (QED) is 0.246. The lowest BCUT2D eigenvalue weighted by molar-refractivity contribution is -0.113. The highest BCUT2D eigenvalue weighted by Crippen LogP contribution is 2.25. The van der Waals surface area contributed by atoms with Gasteiger partial charge in [-0.2, -0.15) is 9.61 Å². The molecule has 0 spiro atoms. The number of nitrogens with one attached hydrogen (secondary N) is 1. The maximum absolute atomic E-state index is 12.7. The summed E-state index contributed by atoms with van der Waals surface area (Å²) in [6.45, 7) is 6.64. The van der Waals surface area contributed by atoms with E-state index in [0.717, 1.165) is 33.5 Å². The average molecular weight is 506 g/mol. The lowest BCUT2D eigenvalue weighted by Crippen LogP contribution is -2.15. The zero-order valence-corrected chi connectivity index (χ0v) is 21.2. The predicted octanol–water partition coefficient (Wildman–Crippen LogP) is 5.03. The number of aromatic nitrogens is 6. The first-order chi connectivity index (χ1) is 16.9. The van der Waals surface area contributed by atoms with Crippen LogP contribution in [0.4, 0.5) is 5.69 Å². The van der Waals surface area contributed by atoms with Crippen molar-refractivity contribution in [3.05, 3.63) is 76.3 Å². The molecule has 0 bridgehead atoms. The van der Waals surface area contributed by atoms with Gasteiger partial charge >= 0.3 is 0 Å². The molecule has 1 amide bonds. The number of halogens is 1. The molecule has 3 heterocycles. The number of benzene rings is 2. The number of aryl methyl sites for hydroxylation is 5. The van der Waals surface area contributed by atoms with E-state index in [1.165, 1.54) is 11.8 Å². The van der Waals surface area contributed by atoms with Crippen molar-refractivity contribution >= 4 is 51.5 Å². The summed E-state index contributed by atoms with van der Waals surface area (Å²) in [6.07, 6.45) is 0.636. The molecule has 1 N–H and O–H groups in total. The fraction of sp³-hybridized carbons (Fsp3) is 0.240. The maximum atomic E-state index is 12.7. The number of amides is 1. The fourth-order valence-corrected chi connectivity index (χ4v) is 4.84. The number of hydrogen-bond acceptors (Lipinski definition) is 6. The summed E-state index contributed by atoms with van der Waals surface area (Å²) in [7, 11) is 0. The highest BCUT2D eigenvalue weighted by molar-refractivity contribution is 7.99. The zero-order chi connectivity index (χ0) is 24.5. The first kappa shape index (κ1) is 23.3. The Morgan fingerprint density at radius 3 is 2.69 bits per heavy atom. The molecule has 0 saturated heterocycles. The van der Waals surface area contributed by atoms with Crippen LogP contribution in [0.15, 0.2) is 53.7 Å². The number of fused-ring (bicyclic) bond motifs is 3. The molecule has 0 saturated carbocycles. The van der Waals surface area contributed by atoms with E-state index in [1.54, 1.807) is 16.6 Å². The fourth-order valence-electron chi connectivity index (χ4n) is 3.92. The molecular weight excluding hydrogens is 482 g/mol. The Morgan fingerprint density at radius 1 is 1.06 bits per heavy atom. The third kappa shape index (κ3) is 5.01. The highest BCUT2D eigenvalue weighted by Gasteiger charge is 2.16. The molecular formula is C25H24ClN7OS. The summed E-state index contributed by atoms with van der Waals surface area (Å²) in [5.74, 6) is 0.734. The second-order valence-corrected chi connectivity index (χ2v) is 9.75. The van der Waals surface area contributed by atoms with Crippen molar-refractivity contribution in [3.63, 3.8) is 0 Å². The lowest BCUT2D eigenvalue weighted by Gasteiger charge is -2.09. The molecule has 8 nitrogen and oxygen atoms in total. The van der Waals surface area contributed by atoms with Crippen molar-refractivity contribution in [2.45, 2.75) is 38.9 Å². The van der Waals surface area contributed by atoms with Gasteiger partial charge in [-0.1, -0.05) is 41.6 Å². The Morgan fingerprint density at radius 2 is 1.89 bits per heavy atom. The maximum Gasteiger partial charge on any atom is 0.234 e. The van der Waals surface area contributed by atoms with Gasteiger partial charge in [-0.3, -0.25) is 9.48 Å². The number of para-hydroxylation sites is 1. The first-order valence-electron chi connectivity index (χ1n) is 11.2. The van der Waals surface area contributed by atoms with Gasteiger partial charge in [-0.05, 0) is 56.7 Å². The van der Waals surface area contributed by atoms with Gasteiger partial charge in [0.05, 0.1) is 17.0 Å². The van der Waals surface area contributed by atoms with E-state index in [-0.39, 0.29) is 11.7 Å². The summed E-state index contributed by atoms with van der Waals surface area (Å²) in [4.78, 5) is 22.3. The molecule has 2 aromatic carbocycles. The van der Waals surface area contributed by atoms with E-state index >= 15 is 0 Å². The molecule has 0 aliphatic heterocycles. The van der Waals surface area contributed by atoms with Gasteiger partial charge in [-0.25, -0.2) is 9.97 Å². The molecule has 178 valence electrons. The minimum absolute atomic E-state index is 0.145. The number of thioether (sulfide) groups is 1. The Balaban J connectivity index is 1.40. The Bertz CT molecular complexity index is 1560. The van der Waals surface area contributed by atoms with Crippen LogP contribution >= 0.6 is 23.4 Å². The van der Waals surface area contributed by atoms with Gasteiger partial charge in [0.15, 0.2) is 16.6 Å². The van der Waals surface area contributed by atoms with Crippen molar-refractivity contribution in [1.29, 1.82) is 0 Å². The Kier molecular flexibility index (Phi) is 6.44. The van der Waals surface area contributed by atoms with E-state index in [4.69, 9.17) is 26.7 Å². The average Bonchev–Trinajstić information content (AvgIpc) is 3.41. The molecule has 0 fully saturated rings. The first-order valence-corrected chi connectivity index (χ1v) is 12.6. The van der Waals surface area contributed by atoms with Crippen LogP contribution in [0, 0.1) is 20.8 Å². The third-order valence-corrected chi connectivity index (χ3v) is 6.81.